The van der Waals surface area contributed by atoms with Gasteiger partial charge in [-0.05, 0) is 24.3 Å². The van der Waals surface area contributed by atoms with Crippen LogP contribution in [-0.4, -0.2) is 93.0 Å². The second-order valence-electron chi connectivity index (χ2n) is 8.79. The van der Waals surface area contributed by atoms with Crippen LogP contribution >= 0.6 is 0 Å². The van der Waals surface area contributed by atoms with E-state index >= 15 is 0 Å². The molecule has 0 N–H and O–H groups in total. The Morgan fingerprint density at radius 1 is 1.00 bits per heavy atom. The summed E-state index contributed by atoms with van der Waals surface area (Å²) in [7, 11) is 1.61. The fraction of sp³-hybridized carbons (Fsp3) is 0.500. The summed E-state index contributed by atoms with van der Waals surface area (Å²) in [5.74, 6) is 1.29. The number of hydrogen-bond acceptors (Lipinski definition) is 8. The number of aromatic nitrogens is 2. The Kier molecular flexibility index (Phi) is 6.48. The van der Waals surface area contributed by atoms with Crippen molar-refractivity contribution in [2.75, 3.05) is 80.8 Å². The summed E-state index contributed by atoms with van der Waals surface area (Å²) in [5, 5.41) is 8.53. The van der Waals surface area contributed by atoms with E-state index in [1.807, 2.05) is 29.2 Å². The number of hydrogen-bond donors (Lipinski definition) is 0. The van der Waals surface area contributed by atoms with Crippen molar-refractivity contribution in [2.45, 2.75) is 6.42 Å². The molecule has 0 aliphatic carbocycles. The largest absolute Gasteiger partial charge is 0.497 e. The fourth-order valence-electron chi connectivity index (χ4n) is 4.79. The van der Waals surface area contributed by atoms with Gasteiger partial charge in [-0.2, -0.15) is 5.10 Å². The van der Waals surface area contributed by atoms with Crippen molar-refractivity contribution < 1.29 is 19.1 Å². The maximum absolute atomic E-state index is 13.2. The molecule has 1 aromatic heterocycles. The van der Waals surface area contributed by atoms with Crippen molar-refractivity contribution in [1.29, 1.82) is 0 Å². The van der Waals surface area contributed by atoms with Gasteiger partial charge in [0.1, 0.15) is 5.75 Å². The average molecular weight is 467 g/mol. The average Bonchev–Trinajstić information content (AvgIpc) is 3.30. The minimum absolute atomic E-state index is 0.0163. The molecule has 3 saturated heterocycles. The molecule has 10 nitrogen and oxygen atoms in total. The van der Waals surface area contributed by atoms with E-state index in [1.54, 1.807) is 18.2 Å². The Balaban J connectivity index is 1.17. The molecule has 1 aromatic carbocycles. The van der Waals surface area contributed by atoms with Crippen LogP contribution in [0.25, 0.3) is 0 Å². The van der Waals surface area contributed by atoms with Crippen LogP contribution in [0.1, 0.15) is 6.42 Å². The molecule has 10 heteroatoms. The van der Waals surface area contributed by atoms with Gasteiger partial charge in [-0.1, -0.05) is 0 Å². The third kappa shape index (κ3) is 4.63. The van der Waals surface area contributed by atoms with Crippen LogP contribution in [0.15, 0.2) is 36.5 Å². The summed E-state index contributed by atoms with van der Waals surface area (Å²) < 4.78 is 10.6. The van der Waals surface area contributed by atoms with Crippen molar-refractivity contribution in [3.8, 4) is 5.75 Å². The maximum Gasteiger partial charge on any atom is 0.228 e. The van der Waals surface area contributed by atoms with Gasteiger partial charge in [-0.15, -0.1) is 5.10 Å². The summed E-state index contributed by atoms with van der Waals surface area (Å²) in [5.41, 5.74) is 1.85. The SMILES string of the molecule is COc1ccc(N2CC(C(=O)N3CCN(c4cc(N5CCOCC5)cnn4)CC3)CC2=O)cc1. The van der Waals surface area contributed by atoms with Gasteiger partial charge >= 0.3 is 0 Å². The molecular formula is C24H30N6O4. The Morgan fingerprint density at radius 2 is 1.74 bits per heavy atom. The quantitative estimate of drug-likeness (QED) is 0.645. The van der Waals surface area contributed by atoms with Crippen LogP contribution in [0.5, 0.6) is 5.75 Å². The number of anilines is 3. The first-order valence-corrected chi connectivity index (χ1v) is 11.8. The van der Waals surface area contributed by atoms with Crippen LogP contribution in [0, 0.1) is 5.92 Å². The number of ether oxygens (including phenoxy) is 2. The number of piperazine rings is 1. The molecule has 3 aliphatic heterocycles. The second-order valence-corrected chi connectivity index (χ2v) is 8.79. The summed E-state index contributed by atoms with van der Waals surface area (Å²) >= 11 is 0. The molecular weight excluding hydrogens is 436 g/mol. The van der Waals surface area contributed by atoms with Gasteiger partial charge in [-0.25, -0.2) is 0 Å². The van der Waals surface area contributed by atoms with E-state index in [0.717, 1.165) is 49.2 Å². The zero-order valence-corrected chi connectivity index (χ0v) is 19.4. The highest BCUT2D eigenvalue weighted by Crippen LogP contribution is 2.28. The van der Waals surface area contributed by atoms with E-state index in [2.05, 4.69) is 26.1 Å². The molecule has 3 aliphatic rings. The molecule has 0 bridgehead atoms. The number of amides is 2. The number of carbonyl (C=O) groups excluding carboxylic acids is 2. The Hall–Kier alpha value is -3.40. The van der Waals surface area contributed by atoms with E-state index in [1.165, 1.54) is 0 Å². The second kappa shape index (κ2) is 9.84. The van der Waals surface area contributed by atoms with Crippen LogP contribution in [0.2, 0.25) is 0 Å². The normalized spacial score (nSPS) is 21.2. The maximum atomic E-state index is 13.2. The number of benzene rings is 1. The lowest BCUT2D eigenvalue weighted by Crippen LogP contribution is -2.51. The minimum Gasteiger partial charge on any atom is -0.497 e. The van der Waals surface area contributed by atoms with Crippen LogP contribution < -0.4 is 19.4 Å². The number of methoxy groups -OCH3 is 1. The van der Waals surface area contributed by atoms with Crippen LogP contribution in [-0.2, 0) is 14.3 Å². The first kappa shape index (κ1) is 22.4. The molecule has 0 spiro atoms. The van der Waals surface area contributed by atoms with Gasteiger partial charge in [0, 0.05) is 64.0 Å². The predicted octanol–water partition coefficient (Wildman–Crippen LogP) is 1.02. The summed E-state index contributed by atoms with van der Waals surface area (Å²) in [6.07, 6.45) is 2.04. The zero-order valence-electron chi connectivity index (χ0n) is 19.4. The highest BCUT2D eigenvalue weighted by atomic mass is 16.5. The number of carbonyl (C=O) groups is 2. The van der Waals surface area contributed by atoms with Crippen molar-refractivity contribution >= 4 is 29.0 Å². The Morgan fingerprint density at radius 3 is 2.44 bits per heavy atom. The lowest BCUT2D eigenvalue weighted by atomic mass is 10.1. The van der Waals surface area contributed by atoms with E-state index < -0.39 is 0 Å². The predicted molar refractivity (Wildman–Crippen MR) is 127 cm³/mol. The molecule has 4 heterocycles. The van der Waals surface area contributed by atoms with Gasteiger partial charge in [0.05, 0.1) is 38.1 Å². The number of nitrogens with zero attached hydrogens (tertiary/aromatic N) is 6. The summed E-state index contributed by atoms with van der Waals surface area (Å²) in [4.78, 5) is 33.8. The van der Waals surface area contributed by atoms with E-state index in [4.69, 9.17) is 9.47 Å². The van der Waals surface area contributed by atoms with Gasteiger partial charge in [0.25, 0.3) is 0 Å². The molecule has 3 fully saturated rings. The van der Waals surface area contributed by atoms with Gasteiger partial charge in [-0.3, -0.25) is 9.59 Å². The fourth-order valence-corrected chi connectivity index (χ4v) is 4.79. The molecule has 2 amide bonds. The van der Waals surface area contributed by atoms with Crippen molar-refractivity contribution in [1.82, 2.24) is 15.1 Å². The van der Waals surface area contributed by atoms with Crippen LogP contribution in [0.4, 0.5) is 17.2 Å². The molecule has 0 radical (unpaired) electrons. The monoisotopic (exact) mass is 466 g/mol. The molecule has 1 atom stereocenters. The minimum atomic E-state index is -0.314. The van der Waals surface area contributed by atoms with Gasteiger partial charge in [0.2, 0.25) is 11.8 Å². The number of morpholine rings is 1. The standard InChI is InChI=1S/C24H30N6O4/c1-33-21-4-2-19(3-5-21)30-17-18(14-23(30)31)24(32)29-8-6-28(7-9-29)22-15-20(16-25-26-22)27-10-12-34-13-11-27/h2-5,15-16,18H,6-14,17H2,1H3. The highest BCUT2D eigenvalue weighted by molar-refractivity contribution is 6.00. The molecule has 0 saturated carbocycles. The molecule has 1 unspecified atom stereocenters. The van der Waals surface area contributed by atoms with E-state index in [9.17, 15) is 9.59 Å². The number of rotatable bonds is 5. The topological polar surface area (TPSA) is 91.3 Å². The Labute approximate surface area is 199 Å². The first-order chi connectivity index (χ1) is 16.6. The zero-order chi connectivity index (χ0) is 23.5. The van der Waals surface area contributed by atoms with Crippen LogP contribution in [0.3, 0.4) is 0 Å². The molecule has 5 rings (SSSR count). The van der Waals surface area contributed by atoms with Crippen molar-refractivity contribution in [2.24, 2.45) is 5.92 Å². The lowest BCUT2D eigenvalue weighted by Gasteiger charge is -2.36. The van der Waals surface area contributed by atoms with Crippen molar-refractivity contribution in [3.63, 3.8) is 0 Å². The molecule has 34 heavy (non-hydrogen) atoms. The highest BCUT2D eigenvalue weighted by Gasteiger charge is 2.38. The third-order valence-corrected chi connectivity index (χ3v) is 6.78. The summed E-state index contributed by atoms with van der Waals surface area (Å²) in [6, 6.07) is 9.43. The summed E-state index contributed by atoms with van der Waals surface area (Å²) in [6.45, 7) is 6.14. The smallest absolute Gasteiger partial charge is 0.228 e. The lowest BCUT2D eigenvalue weighted by molar-refractivity contribution is -0.136. The van der Waals surface area contributed by atoms with Gasteiger partial charge < -0.3 is 29.1 Å². The first-order valence-electron chi connectivity index (χ1n) is 11.8. The van der Waals surface area contributed by atoms with Crippen molar-refractivity contribution in [3.05, 3.63) is 36.5 Å². The Bertz CT molecular complexity index is 1020. The molecule has 2 aromatic rings. The van der Waals surface area contributed by atoms with E-state index in [0.29, 0.717) is 32.7 Å². The van der Waals surface area contributed by atoms with Gasteiger partial charge in [0.15, 0.2) is 5.82 Å². The molecule has 180 valence electrons. The third-order valence-electron chi connectivity index (χ3n) is 6.78. The van der Waals surface area contributed by atoms with E-state index in [-0.39, 0.29) is 24.2 Å².